The molecule has 0 spiro atoms. The van der Waals surface area contributed by atoms with E-state index in [0.29, 0.717) is 18.0 Å². The molecule has 3 aliphatic rings. The van der Waals surface area contributed by atoms with Gasteiger partial charge in [-0.25, -0.2) is 0 Å². The molecule has 3 fully saturated rings. The SMILES string of the molecule is C[C@H](C(=O)Nc1ccc(OCc2ccccc2)cc1)N1C(=O)[C@@H]2[C@@H]3C[C@H]([C@H](Br)[C@@H]3Br)[C@@H]2C1=O. The molecule has 172 valence electrons. The van der Waals surface area contributed by atoms with E-state index in [2.05, 4.69) is 37.2 Å². The normalized spacial score (nSPS) is 30.9. The van der Waals surface area contributed by atoms with E-state index in [9.17, 15) is 14.4 Å². The maximum absolute atomic E-state index is 13.1. The van der Waals surface area contributed by atoms with Crippen LogP contribution in [0.5, 0.6) is 5.75 Å². The number of benzene rings is 2. The number of ether oxygens (including phenoxy) is 1. The van der Waals surface area contributed by atoms with Crippen LogP contribution < -0.4 is 10.1 Å². The number of likely N-dealkylation sites (tertiary alicyclic amines) is 1. The smallest absolute Gasteiger partial charge is 0.247 e. The molecule has 7 atom stereocenters. The lowest BCUT2D eigenvalue weighted by atomic mass is 9.81. The van der Waals surface area contributed by atoms with Crippen molar-refractivity contribution in [3.8, 4) is 5.75 Å². The van der Waals surface area contributed by atoms with Crippen LogP contribution in [0.15, 0.2) is 54.6 Å². The first kappa shape index (κ1) is 22.6. The first-order valence-electron chi connectivity index (χ1n) is 11.1. The monoisotopic (exact) mass is 574 g/mol. The number of alkyl halides is 2. The van der Waals surface area contributed by atoms with E-state index in [1.165, 1.54) is 4.90 Å². The summed E-state index contributed by atoms with van der Waals surface area (Å²) in [6, 6.07) is 16.1. The van der Waals surface area contributed by atoms with Crippen molar-refractivity contribution in [2.75, 3.05) is 5.32 Å². The van der Waals surface area contributed by atoms with Gasteiger partial charge in [-0.15, -0.1) is 0 Å². The lowest BCUT2D eigenvalue weighted by molar-refractivity contribution is -0.146. The van der Waals surface area contributed by atoms with Gasteiger partial charge in [-0.3, -0.25) is 19.3 Å². The average Bonchev–Trinajstić information content (AvgIpc) is 3.43. The van der Waals surface area contributed by atoms with Gasteiger partial charge in [0.15, 0.2) is 0 Å². The minimum Gasteiger partial charge on any atom is -0.489 e. The van der Waals surface area contributed by atoms with Crippen LogP contribution in [0, 0.1) is 23.7 Å². The summed E-state index contributed by atoms with van der Waals surface area (Å²) in [5, 5.41) is 2.82. The van der Waals surface area contributed by atoms with Gasteiger partial charge in [0.2, 0.25) is 17.7 Å². The second-order valence-corrected chi connectivity index (χ2v) is 11.1. The first-order chi connectivity index (χ1) is 15.9. The van der Waals surface area contributed by atoms with E-state index < -0.39 is 6.04 Å². The number of nitrogens with zero attached hydrogens (tertiary/aromatic N) is 1. The van der Waals surface area contributed by atoms with E-state index in [1.54, 1.807) is 31.2 Å². The van der Waals surface area contributed by atoms with E-state index >= 15 is 0 Å². The van der Waals surface area contributed by atoms with Gasteiger partial charge >= 0.3 is 0 Å². The molecule has 2 saturated carbocycles. The van der Waals surface area contributed by atoms with Gasteiger partial charge in [0.05, 0.1) is 11.8 Å². The molecule has 3 amide bonds. The summed E-state index contributed by atoms with van der Waals surface area (Å²) < 4.78 is 5.78. The lowest BCUT2D eigenvalue weighted by Gasteiger charge is -2.28. The van der Waals surface area contributed by atoms with Crippen LogP contribution in [0.1, 0.15) is 18.9 Å². The Hall–Kier alpha value is -2.19. The van der Waals surface area contributed by atoms with Crippen molar-refractivity contribution >= 4 is 55.3 Å². The van der Waals surface area contributed by atoms with Gasteiger partial charge in [0.25, 0.3) is 0 Å². The van der Waals surface area contributed by atoms with Crippen molar-refractivity contribution in [1.29, 1.82) is 0 Å². The zero-order valence-electron chi connectivity index (χ0n) is 18.0. The van der Waals surface area contributed by atoms with E-state index in [0.717, 1.165) is 12.0 Å². The summed E-state index contributed by atoms with van der Waals surface area (Å²) >= 11 is 7.37. The maximum atomic E-state index is 13.1. The van der Waals surface area contributed by atoms with Gasteiger partial charge in [0, 0.05) is 15.3 Å². The van der Waals surface area contributed by atoms with Gasteiger partial charge in [0.1, 0.15) is 18.4 Å². The number of carbonyl (C=O) groups excluding carboxylic acids is 3. The largest absolute Gasteiger partial charge is 0.489 e. The molecular weight excluding hydrogens is 552 g/mol. The zero-order valence-corrected chi connectivity index (χ0v) is 21.2. The zero-order chi connectivity index (χ0) is 23.3. The third kappa shape index (κ3) is 3.91. The van der Waals surface area contributed by atoms with Crippen LogP contribution >= 0.6 is 31.9 Å². The quantitative estimate of drug-likeness (QED) is 0.410. The van der Waals surface area contributed by atoms with Crippen LogP contribution in [0.3, 0.4) is 0 Å². The van der Waals surface area contributed by atoms with Crippen molar-refractivity contribution < 1.29 is 19.1 Å². The Kier molecular flexibility index (Phi) is 6.07. The minimum absolute atomic E-state index is 0.129. The van der Waals surface area contributed by atoms with Crippen LogP contribution in [0.4, 0.5) is 5.69 Å². The molecule has 1 heterocycles. The number of amides is 3. The van der Waals surface area contributed by atoms with Crippen LogP contribution in [-0.2, 0) is 21.0 Å². The minimum atomic E-state index is -0.869. The third-order valence-electron chi connectivity index (χ3n) is 7.16. The second kappa shape index (κ2) is 8.87. The lowest BCUT2D eigenvalue weighted by Crippen LogP contribution is -2.46. The molecule has 2 aromatic carbocycles. The van der Waals surface area contributed by atoms with Crippen molar-refractivity contribution in [1.82, 2.24) is 4.90 Å². The number of imide groups is 1. The molecule has 0 unspecified atom stereocenters. The summed E-state index contributed by atoms with van der Waals surface area (Å²) in [5.41, 5.74) is 1.65. The van der Waals surface area contributed by atoms with Gasteiger partial charge in [-0.1, -0.05) is 62.2 Å². The summed E-state index contributed by atoms with van der Waals surface area (Å²) in [6.07, 6.45) is 0.867. The molecular formula is C25H24Br2N2O4. The molecule has 6 nitrogen and oxygen atoms in total. The third-order valence-corrected chi connectivity index (χ3v) is 10.4. The molecule has 8 heteroatoms. The Balaban J connectivity index is 1.21. The predicted molar refractivity (Wildman–Crippen MR) is 131 cm³/mol. The summed E-state index contributed by atoms with van der Waals surface area (Å²) in [7, 11) is 0. The van der Waals surface area contributed by atoms with Crippen molar-refractivity contribution in [3.05, 3.63) is 60.2 Å². The Morgan fingerprint density at radius 3 is 2.15 bits per heavy atom. The summed E-state index contributed by atoms with van der Waals surface area (Å²) in [6.45, 7) is 2.07. The van der Waals surface area contributed by atoms with E-state index in [-0.39, 0.29) is 51.0 Å². The van der Waals surface area contributed by atoms with Gasteiger partial charge in [-0.05, 0) is 55.0 Å². The molecule has 0 aromatic heterocycles. The van der Waals surface area contributed by atoms with Crippen LogP contribution in [0.25, 0.3) is 0 Å². The summed E-state index contributed by atoms with van der Waals surface area (Å²) in [4.78, 5) is 40.7. The highest BCUT2D eigenvalue weighted by molar-refractivity contribution is 9.12. The number of halogens is 2. The number of hydrogen-bond acceptors (Lipinski definition) is 4. The number of anilines is 1. The van der Waals surface area contributed by atoms with Crippen LogP contribution in [0.2, 0.25) is 0 Å². The number of carbonyl (C=O) groups is 3. The fraction of sp³-hybridized carbons (Fsp3) is 0.400. The Morgan fingerprint density at radius 2 is 1.58 bits per heavy atom. The van der Waals surface area contributed by atoms with Crippen molar-refractivity contribution in [2.45, 2.75) is 35.6 Å². The van der Waals surface area contributed by atoms with E-state index in [4.69, 9.17) is 4.74 Å². The summed E-state index contributed by atoms with van der Waals surface area (Å²) in [5.74, 6) is -0.509. The predicted octanol–water partition coefficient (Wildman–Crippen LogP) is 4.37. The Morgan fingerprint density at radius 1 is 1.00 bits per heavy atom. The standard InChI is InChI=1S/C25H24Br2N2O4/c1-13(29-24(31)19-17-11-18(20(19)25(29)32)22(27)21(17)26)23(30)28-15-7-9-16(10-8-15)33-12-14-5-3-2-4-6-14/h2-10,13,17-22H,11-12H2,1H3,(H,28,30)/t13-,17+,18+,19-,20+,21-,22+/m1/s1. The molecule has 5 rings (SSSR count). The molecule has 1 aliphatic heterocycles. The molecule has 33 heavy (non-hydrogen) atoms. The number of fused-ring (bicyclic) bond motifs is 5. The fourth-order valence-corrected chi connectivity index (χ4v) is 7.37. The highest BCUT2D eigenvalue weighted by Crippen LogP contribution is 2.60. The molecule has 2 aliphatic carbocycles. The average molecular weight is 576 g/mol. The van der Waals surface area contributed by atoms with Gasteiger partial charge < -0.3 is 10.1 Å². The van der Waals surface area contributed by atoms with Crippen molar-refractivity contribution in [3.63, 3.8) is 0 Å². The first-order valence-corrected chi connectivity index (χ1v) is 12.9. The topological polar surface area (TPSA) is 75.7 Å². The highest BCUT2D eigenvalue weighted by Gasteiger charge is 2.67. The second-order valence-electron chi connectivity index (χ2n) is 9.01. The molecule has 2 aromatic rings. The molecule has 2 bridgehead atoms. The van der Waals surface area contributed by atoms with Crippen molar-refractivity contribution in [2.24, 2.45) is 23.7 Å². The molecule has 0 radical (unpaired) electrons. The van der Waals surface area contributed by atoms with E-state index in [1.807, 2.05) is 30.3 Å². The number of rotatable bonds is 6. The highest BCUT2D eigenvalue weighted by atomic mass is 79.9. The van der Waals surface area contributed by atoms with Gasteiger partial charge in [-0.2, -0.15) is 0 Å². The Labute approximate surface area is 209 Å². The van der Waals surface area contributed by atoms with Crippen LogP contribution in [-0.4, -0.2) is 38.3 Å². The molecule has 1 N–H and O–H groups in total. The fourth-order valence-electron chi connectivity index (χ4n) is 5.49. The number of hydrogen-bond donors (Lipinski definition) is 1. The number of nitrogens with one attached hydrogen (secondary N) is 1. The maximum Gasteiger partial charge on any atom is 0.247 e. The Bertz CT molecular complexity index is 1050. The molecule has 1 saturated heterocycles.